The van der Waals surface area contributed by atoms with E-state index in [2.05, 4.69) is 20.6 Å². The molecule has 2 N–H and O–H groups in total. The van der Waals surface area contributed by atoms with E-state index < -0.39 is 11.9 Å². The number of anilines is 3. The molecular weight excluding hydrogens is 370 g/mol. The summed E-state index contributed by atoms with van der Waals surface area (Å²) in [5, 5.41) is 14.6. The minimum Gasteiger partial charge on any atom is -0.465 e. The lowest BCUT2D eigenvalue weighted by Gasteiger charge is -2.10. The minimum absolute atomic E-state index is 0.175. The number of rotatable bonds is 5. The monoisotopic (exact) mass is 387 g/mol. The predicted molar refractivity (Wildman–Crippen MR) is 107 cm³/mol. The summed E-state index contributed by atoms with van der Waals surface area (Å²) in [6, 6.07) is 16.8. The lowest BCUT2D eigenvalue weighted by Crippen LogP contribution is -2.15. The maximum atomic E-state index is 12.6. The van der Waals surface area contributed by atoms with Crippen molar-refractivity contribution >= 4 is 29.1 Å². The van der Waals surface area contributed by atoms with E-state index in [1.54, 1.807) is 55.5 Å². The van der Waals surface area contributed by atoms with E-state index in [1.165, 1.54) is 13.2 Å². The van der Waals surface area contributed by atoms with Crippen molar-refractivity contribution in [1.82, 2.24) is 9.97 Å². The first-order valence-electron chi connectivity index (χ1n) is 8.61. The zero-order valence-electron chi connectivity index (χ0n) is 15.8. The highest BCUT2D eigenvalue weighted by Crippen LogP contribution is 2.18. The molecule has 0 aliphatic heterocycles. The summed E-state index contributed by atoms with van der Waals surface area (Å²) in [6.45, 7) is 1.68. The van der Waals surface area contributed by atoms with Gasteiger partial charge < -0.3 is 15.4 Å². The summed E-state index contributed by atoms with van der Waals surface area (Å²) in [5.41, 5.74) is 2.23. The average Bonchev–Trinajstić information content (AvgIpc) is 2.73. The Morgan fingerprint density at radius 2 is 1.79 bits per heavy atom. The zero-order valence-corrected chi connectivity index (χ0v) is 15.8. The second kappa shape index (κ2) is 8.63. The molecule has 3 rings (SSSR count). The first-order chi connectivity index (χ1) is 14.0. The number of benzene rings is 2. The minimum atomic E-state index is -0.449. The summed E-state index contributed by atoms with van der Waals surface area (Å²) < 4.78 is 4.72. The highest BCUT2D eigenvalue weighted by molar-refractivity contribution is 6.03. The second-order valence-electron chi connectivity index (χ2n) is 6.03. The van der Waals surface area contributed by atoms with Crippen molar-refractivity contribution in [3.05, 3.63) is 77.2 Å². The van der Waals surface area contributed by atoms with E-state index in [-0.39, 0.29) is 5.69 Å². The van der Waals surface area contributed by atoms with Crippen LogP contribution in [0.25, 0.3) is 0 Å². The molecule has 1 heterocycles. The van der Waals surface area contributed by atoms with Gasteiger partial charge in [-0.2, -0.15) is 5.26 Å². The molecule has 0 spiro atoms. The molecule has 0 aliphatic carbocycles. The Morgan fingerprint density at radius 3 is 2.48 bits per heavy atom. The molecule has 0 unspecified atom stereocenters. The van der Waals surface area contributed by atoms with Crippen molar-refractivity contribution in [3.8, 4) is 6.07 Å². The molecule has 0 bridgehead atoms. The standard InChI is InChI=1S/C21H17N5O3/c1-13-23-18(20(27)26-16-8-6-14(12-22)7-9-16)11-19(24-13)25-17-5-3-4-15(10-17)21(28)29-2/h3-11H,1-2H3,(H,26,27)(H,23,24,25). The van der Waals surface area contributed by atoms with Crippen molar-refractivity contribution in [1.29, 1.82) is 5.26 Å². The molecule has 144 valence electrons. The summed E-state index contributed by atoms with van der Waals surface area (Å²) in [5.74, 6) is -0.0461. The van der Waals surface area contributed by atoms with Crippen molar-refractivity contribution in [2.45, 2.75) is 6.92 Å². The molecule has 1 amide bonds. The van der Waals surface area contributed by atoms with E-state index >= 15 is 0 Å². The van der Waals surface area contributed by atoms with Crippen LogP contribution in [-0.4, -0.2) is 29.0 Å². The van der Waals surface area contributed by atoms with Crippen LogP contribution < -0.4 is 10.6 Å². The van der Waals surface area contributed by atoms with Gasteiger partial charge in [0.05, 0.1) is 24.3 Å². The molecule has 2 aromatic carbocycles. The van der Waals surface area contributed by atoms with Crippen LogP contribution in [-0.2, 0) is 4.74 Å². The van der Waals surface area contributed by atoms with E-state index in [0.717, 1.165) is 0 Å². The number of hydrogen-bond acceptors (Lipinski definition) is 7. The molecule has 0 saturated carbocycles. The molecule has 3 aromatic rings. The quantitative estimate of drug-likeness (QED) is 0.644. The topological polar surface area (TPSA) is 117 Å². The molecule has 0 fully saturated rings. The Labute approximate surface area is 167 Å². The lowest BCUT2D eigenvalue weighted by atomic mass is 10.2. The van der Waals surface area contributed by atoms with Gasteiger partial charge in [-0.25, -0.2) is 14.8 Å². The number of nitrogens with one attached hydrogen (secondary N) is 2. The fraction of sp³-hybridized carbons (Fsp3) is 0.0952. The number of aromatic nitrogens is 2. The number of amides is 1. The van der Waals surface area contributed by atoms with Crippen molar-refractivity contribution in [3.63, 3.8) is 0 Å². The van der Waals surface area contributed by atoms with Crippen LogP contribution in [0.2, 0.25) is 0 Å². The molecule has 8 nitrogen and oxygen atoms in total. The first-order valence-corrected chi connectivity index (χ1v) is 8.61. The second-order valence-corrected chi connectivity index (χ2v) is 6.03. The van der Waals surface area contributed by atoms with Gasteiger partial charge >= 0.3 is 5.97 Å². The van der Waals surface area contributed by atoms with Crippen molar-refractivity contribution in [2.24, 2.45) is 0 Å². The molecule has 8 heteroatoms. The van der Waals surface area contributed by atoms with Gasteiger partial charge in [0.25, 0.3) is 5.91 Å². The highest BCUT2D eigenvalue weighted by Gasteiger charge is 2.12. The number of esters is 1. The number of ether oxygens (including phenoxy) is 1. The third-order valence-electron chi connectivity index (χ3n) is 3.90. The van der Waals surface area contributed by atoms with Crippen LogP contribution in [0, 0.1) is 18.3 Å². The number of hydrogen-bond donors (Lipinski definition) is 2. The van der Waals surface area contributed by atoms with Crippen LogP contribution >= 0.6 is 0 Å². The molecule has 0 radical (unpaired) electrons. The average molecular weight is 387 g/mol. The summed E-state index contributed by atoms with van der Waals surface area (Å²) >= 11 is 0. The van der Waals surface area contributed by atoms with Gasteiger partial charge in [-0.1, -0.05) is 6.07 Å². The van der Waals surface area contributed by atoms with E-state index in [4.69, 9.17) is 10.00 Å². The Morgan fingerprint density at radius 1 is 1.03 bits per heavy atom. The van der Waals surface area contributed by atoms with Crippen LogP contribution in [0.1, 0.15) is 32.2 Å². The van der Waals surface area contributed by atoms with Crippen LogP contribution in [0.5, 0.6) is 0 Å². The van der Waals surface area contributed by atoms with Crippen molar-refractivity contribution in [2.75, 3.05) is 17.7 Å². The first kappa shape index (κ1) is 19.5. The smallest absolute Gasteiger partial charge is 0.337 e. The van der Waals surface area contributed by atoms with Crippen LogP contribution in [0.3, 0.4) is 0 Å². The number of nitriles is 1. The normalized spacial score (nSPS) is 9.97. The van der Waals surface area contributed by atoms with E-state index in [1.807, 2.05) is 6.07 Å². The van der Waals surface area contributed by atoms with E-state index in [0.29, 0.717) is 34.1 Å². The van der Waals surface area contributed by atoms with Gasteiger partial charge in [-0.05, 0) is 49.4 Å². The third kappa shape index (κ3) is 4.93. The maximum Gasteiger partial charge on any atom is 0.337 e. The summed E-state index contributed by atoms with van der Waals surface area (Å²) in [6.07, 6.45) is 0. The number of nitrogens with zero attached hydrogens (tertiary/aromatic N) is 3. The van der Waals surface area contributed by atoms with Gasteiger partial charge in [0, 0.05) is 17.4 Å². The number of carbonyl (C=O) groups excluding carboxylic acids is 2. The number of aryl methyl sites for hydroxylation is 1. The molecular formula is C21H17N5O3. The fourth-order valence-electron chi connectivity index (χ4n) is 2.56. The van der Waals surface area contributed by atoms with Gasteiger partial charge in [-0.15, -0.1) is 0 Å². The Balaban J connectivity index is 1.79. The zero-order chi connectivity index (χ0) is 20.8. The molecule has 0 atom stereocenters. The molecule has 0 aliphatic rings. The molecule has 0 saturated heterocycles. The van der Waals surface area contributed by atoms with Crippen LogP contribution in [0.15, 0.2) is 54.6 Å². The largest absolute Gasteiger partial charge is 0.465 e. The molecule has 29 heavy (non-hydrogen) atoms. The number of methoxy groups -OCH3 is 1. The predicted octanol–water partition coefficient (Wildman–Crippen LogP) is 3.44. The maximum absolute atomic E-state index is 12.6. The van der Waals surface area contributed by atoms with Gasteiger partial charge in [0.2, 0.25) is 0 Å². The highest BCUT2D eigenvalue weighted by atomic mass is 16.5. The SMILES string of the molecule is COC(=O)c1cccc(Nc2cc(C(=O)Nc3ccc(C#N)cc3)nc(C)n2)c1. The third-order valence-corrected chi connectivity index (χ3v) is 3.90. The lowest BCUT2D eigenvalue weighted by molar-refractivity contribution is 0.0600. The van der Waals surface area contributed by atoms with E-state index in [9.17, 15) is 9.59 Å². The summed E-state index contributed by atoms with van der Waals surface area (Å²) in [7, 11) is 1.31. The van der Waals surface area contributed by atoms with Gasteiger partial charge in [-0.3, -0.25) is 4.79 Å². The van der Waals surface area contributed by atoms with Gasteiger partial charge in [0.15, 0.2) is 0 Å². The molecule has 1 aromatic heterocycles. The van der Waals surface area contributed by atoms with Crippen LogP contribution in [0.4, 0.5) is 17.2 Å². The Kier molecular flexibility index (Phi) is 5.80. The van der Waals surface area contributed by atoms with Gasteiger partial charge in [0.1, 0.15) is 17.3 Å². The Hall–Kier alpha value is -4.25. The summed E-state index contributed by atoms with van der Waals surface area (Å²) in [4.78, 5) is 32.7. The fourth-order valence-corrected chi connectivity index (χ4v) is 2.56. The number of carbonyl (C=O) groups is 2. The Bertz CT molecular complexity index is 1100. The van der Waals surface area contributed by atoms with Crippen molar-refractivity contribution < 1.29 is 14.3 Å².